The Kier molecular flexibility index (Phi) is 4.57. The second kappa shape index (κ2) is 7.16. The SMILES string of the molecule is CCc1cc(N2Cc3ccccc3C[C@H]2C)nc(Nc2ccccc2)n1. The summed E-state index contributed by atoms with van der Waals surface area (Å²) in [4.78, 5) is 11.9. The zero-order valence-electron chi connectivity index (χ0n) is 15.3. The predicted octanol–water partition coefficient (Wildman–Crippen LogP) is 4.73. The Morgan fingerprint density at radius 1 is 1.00 bits per heavy atom. The summed E-state index contributed by atoms with van der Waals surface area (Å²) in [5.41, 5.74) is 4.90. The maximum atomic E-state index is 4.83. The van der Waals surface area contributed by atoms with E-state index in [0.29, 0.717) is 12.0 Å². The van der Waals surface area contributed by atoms with Gasteiger partial charge in [0.25, 0.3) is 0 Å². The summed E-state index contributed by atoms with van der Waals surface area (Å²) in [7, 11) is 0. The number of rotatable bonds is 4. The average molecular weight is 344 g/mol. The maximum absolute atomic E-state index is 4.83. The standard InChI is InChI=1S/C22H24N4/c1-3-19-14-21(25-22(23-19)24-20-11-5-4-6-12-20)26-15-18-10-8-7-9-17(18)13-16(26)2/h4-12,14,16H,3,13,15H2,1-2H3,(H,23,24,25)/t16-/m1/s1. The molecule has 4 rings (SSSR count). The van der Waals surface area contributed by atoms with Crippen molar-refractivity contribution in [1.82, 2.24) is 9.97 Å². The van der Waals surface area contributed by atoms with E-state index in [4.69, 9.17) is 4.98 Å². The summed E-state index contributed by atoms with van der Waals surface area (Å²) in [5.74, 6) is 1.66. The number of hydrogen-bond donors (Lipinski definition) is 1. The average Bonchev–Trinajstić information content (AvgIpc) is 2.68. The number of fused-ring (bicyclic) bond motifs is 1. The summed E-state index contributed by atoms with van der Waals surface area (Å²) >= 11 is 0. The Morgan fingerprint density at radius 3 is 2.50 bits per heavy atom. The van der Waals surface area contributed by atoms with Crippen LogP contribution in [0.4, 0.5) is 17.5 Å². The van der Waals surface area contributed by atoms with Gasteiger partial charge in [0.1, 0.15) is 5.82 Å². The molecule has 0 aliphatic carbocycles. The molecule has 0 spiro atoms. The van der Waals surface area contributed by atoms with Gasteiger partial charge in [-0.05, 0) is 43.0 Å². The van der Waals surface area contributed by atoms with Gasteiger partial charge in [-0.1, -0.05) is 49.4 Å². The van der Waals surface area contributed by atoms with E-state index in [0.717, 1.165) is 36.6 Å². The molecule has 132 valence electrons. The summed E-state index contributed by atoms with van der Waals surface area (Å²) in [6.07, 6.45) is 1.93. The van der Waals surface area contributed by atoms with Crippen molar-refractivity contribution in [1.29, 1.82) is 0 Å². The van der Waals surface area contributed by atoms with Crippen molar-refractivity contribution in [3.05, 3.63) is 77.5 Å². The molecule has 0 bridgehead atoms. The fourth-order valence-corrected chi connectivity index (χ4v) is 3.50. The molecule has 0 amide bonds. The van der Waals surface area contributed by atoms with Crippen molar-refractivity contribution in [3.8, 4) is 0 Å². The maximum Gasteiger partial charge on any atom is 0.229 e. The van der Waals surface area contributed by atoms with Gasteiger partial charge in [0.15, 0.2) is 0 Å². The first-order chi connectivity index (χ1) is 12.7. The van der Waals surface area contributed by atoms with Crippen LogP contribution < -0.4 is 10.2 Å². The Morgan fingerprint density at radius 2 is 1.73 bits per heavy atom. The number of benzene rings is 2. The Labute approximate surface area is 154 Å². The molecule has 26 heavy (non-hydrogen) atoms. The van der Waals surface area contributed by atoms with E-state index < -0.39 is 0 Å². The summed E-state index contributed by atoms with van der Waals surface area (Å²) in [6.45, 7) is 5.30. The van der Waals surface area contributed by atoms with Crippen LogP contribution in [0, 0.1) is 0 Å². The topological polar surface area (TPSA) is 41.1 Å². The van der Waals surface area contributed by atoms with Crippen LogP contribution in [0.2, 0.25) is 0 Å². The van der Waals surface area contributed by atoms with Gasteiger partial charge in [0, 0.05) is 30.0 Å². The second-order valence-corrected chi connectivity index (χ2v) is 6.84. The molecule has 1 N–H and O–H groups in total. The van der Waals surface area contributed by atoms with Crippen molar-refractivity contribution < 1.29 is 0 Å². The predicted molar refractivity (Wildman–Crippen MR) is 107 cm³/mol. The minimum atomic E-state index is 0.411. The number of anilines is 3. The smallest absolute Gasteiger partial charge is 0.229 e. The third kappa shape index (κ3) is 3.40. The number of nitrogens with zero attached hydrogens (tertiary/aromatic N) is 3. The van der Waals surface area contributed by atoms with E-state index in [-0.39, 0.29) is 0 Å². The number of para-hydroxylation sites is 1. The van der Waals surface area contributed by atoms with Gasteiger partial charge in [-0.15, -0.1) is 0 Å². The van der Waals surface area contributed by atoms with Gasteiger partial charge in [0.05, 0.1) is 0 Å². The highest BCUT2D eigenvalue weighted by Gasteiger charge is 2.24. The first-order valence-corrected chi connectivity index (χ1v) is 9.26. The lowest BCUT2D eigenvalue weighted by Gasteiger charge is -2.36. The van der Waals surface area contributed by atoms with E-state index in [1.165, 1.54) is 11.1 Å². The molecular weight excluding hydrogens is 320 g/mol. The van der Waals surface area contributed by atoms with Gasteiger partial charge in [-0.2, -0.15) is 4.98 Å². The van der Waals surface area contributed by atoms with Crippen molar-refractivity contribution in [2.75, 3.05) is 10.2 Å². The number of nitrogens with one attached hydrogen (secondary N) is 1. The summed E-state index contributed by atoms with van der Waals surface area (Å²) in [6, 6.07) is 21.3. The fourth-order valence-electron chi connectivity index (χ4n) is 3.50. The van der Waals surface area contributed by atoms with Gasteiger partial charge in [-0.25, -0.2) is 4.98 Å². The van der Waals surface area contributed by atoms with E-state index in [1.807, 2.05) is 30.3 Å². The molecule has 1 aliphatic rings. The molecule has 1 aliphatic heterocycles. The minimum Gasteiger partial charge on any atom is -0.349 e. The van der Waals surface area contributed by atoms with Crippen LogP contribution in [0.1, 0.15) is 30.7 Å². The van der Waals surface area contributed by atoms with Crippen LogP contribution in [0.25, 0.3) is 0 Å². The molecule has 0 unspecified atom stereocenters. The zero-order chi connectivity index (χ0) is 17.9. The van der Waals surface area contributed by atoms with Crippen molar-refractivity contribution in [2.24, 2.45) is 0 Å². The number of aryl methyl sites for hydroxylation is 1. The van der Waals surface area contributed by atoms with Gasteiger partial charge in [0.2, 0.25) is 5.95 Å². The van der Waals surface area contributed by atoms with Crippen LogP contribution in [0.15, 0.2) is 60.7 Å². The minimum absolute atomic E-state index is 0.411. The lowest BCUT2D eigenvalue weighted by atomic mass is 9.95. The van der Waals surface area contributed by atoms with Crippen molar-refractivity contribution in [2.45, 2.75) is 39.3 Å². The quantitative estimate of drug-likeness (QED) is 0.742. The van der Waals surface area contributed by atoms with E-state index in [2.05, 4.69) is 59.4 Å². The highest BCUT2D eigenvalue weighted by molar-refractivity contribution is 5.56. The monoisotopic (exact) mass is 344 g/mol. The molecule has 0 fully saturated rings. The Bertz CT molecular complexity index is 892. The third-order valence-electron chi connectivity index (χ3n) is 4.96. The van der Waals surface area contributed by atoms with Gasteiger partial charge < -0.3 is 10.2 Å². The molecule has 0 saturated carbocycles. The molecule has 2 heterocycles. The van der Waals surface area contributed by atoms with Crippen LogP contribution in [0.3, 0.4) is 0 Å². The van der Waals surface area contributed by atoms with Crippen LogP contribution >= 0.6 is 0 Å². The first-order valence-electron chi connectivity index (χ1n) is 9.26. The van der Waals surface area contributed by atoms with Crippen LogP contribution in [0.5, 0.6) is 0 Å². The Balaban J connectivity index is 1.66. The number of aromatic nitrogens is 2. The van der Waals surface area contributed by atoms with Gasteiger partial charge >= 0.3 is 0 Å². The third-order valence-corrected chi connectivity index (χ3v) is 4.96. The number of hydrogen-bond acceptors (Lipinski definition) is 4. The highest BCUT2D eigenvalue weighted by atomic mass is 15.2. The van der Waals surface area contributed by atoms with Gasteiger partial charge in [-0.3, -0.25) is 0 Å². The molecule has 2 aromatic carbocycles. The summed E-state index contributed by atoms with van der Waals surface area (Å²) in [5, 5.41) is 3.34. The molecule has 4 heteroatoms. The van der Waals surface area contributed by atoms with E-state index >= 15 is 0 Å². The molecule has 0 saturated heterocycles. The normalized spacial score (nSPS) is 16.2. The van der Waals surface area contributed by atoms with E-state index in [9.17, 15) is 0 Å². The highest BCUT2D eigenvalue weighted by Crippen LogP contribution is 2.28. The van der Waals surface area contributed by atoms with Crippen LogP contribution in [-0.4, -0.2) is 16.0 Å². The fraction of sp³-hybridized carbons (Fsp3) is 0.273. The summed E-state index contributed by atoms with van der Waals surface area (Å²) < 4.78 is 0. The first kappa shape index (κ1) is 16.6. The lowest BCUT2D eigenvalue weighted by molar-refractivity contribution is 0.586. The molecule has 3 aromatic rings. The molecule has 1 atom stereocenters. The van der Waals surface area contributed by atoms with Crippen molar-refractivity contribution >= 4 is 17.5 Å². The molecule has 4 nitrogen and oxygen atoms in total. The largest absolute Gasteiger partial charge is 0.349 e. The van der Waals surface area contributed by atoms with Crippen molar-refractivity contribution in [3.63, 3.8) is 0 Å². The second-order valence-electron chi connectivity index (χ2n) is 6.84. The van der Waals surface area contributed by atoms with Crippen LogP contribution in [-0.2, 0) is 19.4 Å². The lowest BCUT2D eigenvalue weighted by Crippen LogP contribution is -2.39. The molecule has 0 radical (unpaired) electrons. The Hall–Kier alpha value is -2.88. The molecule has 1 aromatic heterocycles. The zero-order valence-corrected chi connectivity index (χ0v) is 15.3. The molecular formula is C22H24N4. The van der Waals surface area contributed by atoms with E-state index in [1.54, 1.807) is 0 Å².